The third-order valence-corrected chi connectivity index (χ3v) is 2.58. The molecule has 2 aromatic rings. The van der Waals surface area contributed by atoms with E-state index >= 15 is 0 Å². The number of hydrogen-bond donors (Lipinski definition) is 1. The van der Waals surface area contributed by atoms with Gasteiger partial charge in [-0.3, -0.25) is 4.98 Å². The van der Waals surface area contributed by atoms with Crippen LogP contribution in [0.3, 0.4) is 0 Å². The molecule has 15 heavy (non-hydrogen) atoms. The van der Waals surface area contributed by atoms with Crippen LogP contribution < -0.4 is 5.32 Å². The summed E-state index contributed by atoms with van der Waals surface area (Å²) >= 11 is 0. The van der Waals surface area contributed by atoms with Crippen molar-refractivity contribution in [1.29, 1.82) is 0 Å². The van der Waals surface area contributed by atoms with Crippen LogP contribution >= 0.6 is 0 Å². The Kier molecular flexibility index (Phi) is 2.16. The van der Waals surface area contributed by atoms with Gasteiger partial charge in [0.1, 0.15) is 17.4 Å². The van der Waals surface area contributed by atoms with Crippen LogP contribution in [-0.2, 0) is 4.74 Å². The number of furan rings is 1. The highest BCUT2D eigenvalue weighted by atomic mass is 16.5. The van der Waals surface area contributed by atoms with Crippen molar-refractivity contribution in [2.75, 3.05) is 19.7 Å². The molecule has 0 spiro atoms. The minimum absolute atomic E-state index is 0.0335. The van der Waals surface area contributed by atoms with Crippen LogP contribution in [-0.4, -0.2) is 24.7 Å². The summed E-state index contributed by atoms with van der Waals surface area (Å²) < 4.78 is 11.3. The van der Waals surface area contributed by atoms with Gasteiger partial charge in [0.15, 0.2) is 0 Å². The fourth-order valence-electron chi connectivity index (χ4n) is 1.81. The lowest BCUT2D eigenvalue weighted by Crippen LogP contribution is -2.33. The van der Waals surface area contributed by atoms with Crippen LogP contribution in [0.25, 0.3) is 11.0 Å². The Balaban J connectivity index is 1.96. The summed E-state index contributed by atoms with van der Waals surface area (Å²) in [7, 11) is 0. The average molecular weight is 204 g/mol. The SMILES string of the molecule is c1cc2oc(C3CNCCO3)cc2cn1. The molecule has 0 aliphatic carbocycles. The zero-order valence-corrected chi connectivity index (χ0v) is 8.27. The summed E-state index contributed by atoms with van der Waals surface area (Å²) in [6.45, 7) is 2.46. The molecule has 3 rings (SSSR count). The molecule has 0 aromatic carbocycles. The quantitative estimate of drug-likeness (QED) is 0.764. The second-order valence-corrected chi connectivity index (χ2v) is 3.63. The van der Waals surface area contributed by atoms with E-state index in [0.29, 0.717) is 0 Å². The standard InChI is InChI=1S/C11H12N2O2/c1-2-12-6-8-5-10(15-9(1)8)11-7-13-3-4-14-11/h1-2,5-6,11,13H,3-4,7H2. The smallest absolute Gasteiger partial charge is 0.137 e. The van der Waals surface area contributed by atoms with Gasteiger partial charge in [0.05, 0.1) is 6.61 Å². The van der Waals surface area contributed by atoms with E-state index in [1.54, 1.807) is 12.4 Å². The number of hydrogen-bond acceptors (Lipinski definition) is 4. The lowest BCUT2D eigenvalue weighted by molar-refractivity contribution is 0.0152. The van der Waals surface area contributed by atoms with Gasteiger partial charge in [-0.1, -0.05) is 0 Å². The molecular formula is C11H12N2O2. The van der Waals surface area contributed by atoms with Crippen molar-refractivity contribution in [3.8, 4) is 0 Å². The highest BCUT2D eigenvalue weighted by Crippen LogP contribution is 2.25. The van der Waals surface area contributed by atoms with Gasteiger partial charge >= 0.3 is 0 Å². The topological polar surface area (TPSA) is 47.3 Å². The molecule has 4 nitrogen and oxygen atoms in total. The zero-order chi connectivity index (χ0) is 10.1. The molecule has 1 unspecified atom stereocenters. The molecular weight excluding hydrogens is 192 g/mol. The highest BCUT2D eigenvalue weighted by molar-refractivity contribution is 5.76. The van der Waals surface area contributed by atoms with Crippen LogP contribution in [0, 0.1) is 0 Å². The minimum atomic E-state index is 0.0335. The van der Waals surface area contributed by atoms with E-state index < -0.39 is 0 Å². The van der Waals surface area contributed by atoms with Gasteiger partial charge in [0.2, 0.25) is 0 Å². The predicted octanol–water partition coefficient (Wildman–Crippen LogP) is 1.49. The molecule has 1 N–H and O–H groups in total. The number of morpholine rings is 1. The zero-order valence-electron chi connectivity index (χ0n) is 8.27. The number of fused-ring (bicyclic) bond motifs is 1. The number of ether oxygens (including phenoxy) is 1. The molecule has 0 bridgehead atoms. The molecule has 1 saturated heterocycles. The van der Waals surface area contributed by atoms with Gasteiger partial charge in [0.25, 0.3) is 0 Å². The maximum absolute atomic E-state index is 5.70. The lowest BCUT2D eigenvalue weighted by Gasteiger charge is -2.21. The van der Waals surface area contributed by atoms with Crippen molar-refractivity contribution in [2.24, 2.45) is 0 Å². The Morgan fingerprint density at radius 2 is 2.47 bits per heavy atom. The molecule has 0 amide bonds. The first kappa shape index (κ1) is 8.88. The first-order valence-electron chi connectivity index (χ1n) is 5.09. The van der Waals surface area contributed by atoms with Gasteiger partial charge in [-0.2, -0.15) is 0 Å². The van der Waals surface area contributed by atoms with Gasteiger partial charge in [0, 0.05) is 30.9 Å². The number of rotatable bonds is 1. The molecule has 3 heterocycles. The van der Waals surface area contributed by atoms with Crippen LogP contribution in [0.15, 0.2) is 28.9 Å². The first-order valence-corrected chi connectivity index (χ1v) is 5.09. The summed E-state index contributed by atoms with van der Waals surface area (Å²) in [6.07, 6.45) is 3.57. The monoisotopic (exact) mass is 204 g/mol. The second kappa shape index (κ2) is 3.64. The Morgan fingerprint density at radius 1 is 1.47 bits per heavy atom. The summed E-state index contributed by atoms with van der Waals surface area (Å²) in [5.74, 6) is 0.880. The van der Waals surface area contributed by atoms with E-state index in [1.807, 2.05) is 12.1 Å². The summed E-state index contributed by atoms with van der Waals surface area (Å²) in [5.41, 5.74) is 0.870. The fraction of sp³-hybridized carbons (Fsp3) is 0.364. The van der Waals surface area contributed by atoms with E-state index in [-0.39, 0.29) is 6.10 Å². The van der Waals surface area contributed by atoms with E-state index in [2.05, 4.69) is 10.3 Å². The maximum Gasteiger partial charge on any atom is 0.137 e. The van der Waals surface area contributed by atoms with E-state index in [4.69, 9.17) is 9.15 Å². The van der Waals surface area contributed by atoms with Gasteiger partial charge < -0.3 is 14.5 Å². The number of nitrogens with zero attached hydrogens (tertiary/aromatic N) is 1. The lowest BCUT2D eigenvalue weighted by atomic mass is 10.2. The fourth-order valence-corrected chi connectivity index (χ4v) is 1.81. The molecule has 2 aromatic heterocycles. The number of aromatic nitrogens is 1. The normalized spacial score (nSPS) is 22.0. The summed E-state index contributed by atoms with van der Waals surface area (Å²) in [6, 6.07) is 3.87. The molecule has 4 heteroatoms. The van der Waals surface area contributed by atoms with Gasteiger partial charge in [-0.25, -0.2) is 0 Å². The highest BCUT2D eigenvalue weighted by Gasteiger charge is 2.19. The molecule has 1 atom stereocenters. The molecule has 0 saturated carbocycles. The largest absolute Gasteiger partial charge is 0.458 e. The number of pyridine rings is 1. The van der Waals surface area contributed by atoms with E-state index in [9.17, 15) is 0 Å². The summed E-state index contributed by atoms with van der Waals surface area (Å²) in [5, 5.41) is 4.31. The molecule has 1 aliphatic heterocycles. The van der Waals surface area contributed by atoms with Crippen LogP contribution in [0.4, 0.5) is 0 Å². The van der Waals surface area contributed by atoms with Crippen molar-refractivity contribution in [1.82, 2.24) is 10.3 Å². The molecule has 0 radical (unpaired) electrons. The predicted molar refractivity (Wildman–Crippen MR) is 55.6 cm³/mol. The molecule has 1 aliphatic rings. The maximum atomic E-state index is 5.70. The van der Waals surface area contributed by atoms with Gasteiger partial charge in [-0.15, -0.1) is 0 Å². The van der Waals surface area contributed by atoms with Crippen molar-refractivity contribution < 1.29 is 9.15 Å². The molecule has 1 fully saturated rings. The third kappa shape index (κ3) is 1.62. The first-order chi connectivity index (χ1) is 7.43. The molecule has 78 valence electrons. The number of nitrogens with one attached hydrogen (secondary N) is 1. The summed E-state index contributed by atoms with van der Waals surface area (Å²) in [4.78, 5) is 4.05. The van der Waals surface area contributed by atoms with Crippen LogP contribution in [0.1, 0.15) is 11.9 Å². The third-order valence-electron chi connectivity index (χ3n) is 2.58. The Labute approximate surface area is 87.2 Å². The van der Waals surface area contributed by atoms with E-state index in [0.717, 1.165) is 36.4 Å². The Bertz CT molecular complexity index is 427. The van der Waals surface area contributed by atoms with Crippen molar-refractivity contribution in [3.05, 3.63) is 30.3 Å². The minimum Gasteiger partial charge on any atom is -0.458 e. The van der Waals surface area contributed by atoms with Crippen LogP contribution in [0.2, 0.25) is 0 Å². The Hall–Kier alpha value is -1.39. The second-order valence-electron chi connectivity index (χ2n) is 3.63. The van der Waals surface area contributed by atoms with Gasteiger partial charge in [-0.05, 0) is 12.1 Å². The van der Waals surface area contributed by atoms with Crippen molar-refractivity contribution in [3.63, 3.8) is 0 Å². The van der Waals surface area contributed by atoms with E-state index in [1.165, 1.54) is 0 Å². The van der Waals surface area contributed by atoms with Crippen molar-refractivity contribution in [2.45, 2.75) is 6.10 Å². The van der Waals surface area contributed by atoms with Crippen molar-refractivity contribution >= 4 is 11.0 Å². The Morgan fingerprint density at radius 3 is 3.27 bits per heavy atom. The van der Waals surface area contributed by atoms with Crippen LogP contribution in [0.5, 0.6) is 0 Å². The average Bonchev–Trinajstić information content (AvgIpc) is 2.74.